The number of hydrogen-bond donors (Lipinski definition) is 2. The second-order valence-electron chi connectivity index (χ2n) is 4.44. The Morgan fingerprint density at radius 3 is 2.44 bits per heavy atom. The lowest BCUT2D eigenvalue weighted by molar-refractivity contribution is 0.257. The zero-order valence-electron chi connectivity index (χ0n) is 9.05. The van der Waals surface area contributed by atoms with Crippen LogP contribution < -0.4 is 5.73 Å². The molecule has 88 valence electrons. The molecule has 16 heavy (non-hydrogen) atoms. The Labute approximate surface area is 95.0 Å². The molecular formula is C11H15NO3S. The van der Waals surface area contributed by atoms with Gasteiger partial charge in [-0.3, -0.25) is 0 Å². The quantitative estimate of drug-likeness (QED) is 0.794. The van der Waals surface area contributed by atoms with Gasteiger partial charge in [-0.15, -0.1) is 0 Å². The lowest BCUT2D eigenvalue weighted by atomic mass is 10.2. The van der Waals surface area contributed by atoms with Crippen molar-refractivity contribution >= 4 is 9.84 Å². The normalized spacial score (nSPS) is 29.1. The summed E-state index contributed by atoms with van der Waals surface area (Å²) in [5.74, 6) is 0. The maximum atomic E-state index is 12.1. The van der Waals surface area contributed by atoms with E-state index >= 15 is 0 Å². The van der Waals surface area contributed by atoms with E-state index in [1.165, 1.54) is 0 Å². The fourth-order valence-corrected chi connectivity index (χ4v) is 3.83. The Kier molecular flexibility index (Phi) is 2.57. The molecule has 0 aromatic heterocycles. The lowest BCUT2D eigenvalue weighted by Crippen LogP contribution is -2.34. The topological polar surface area (TPSA) is 80.4 Å². The van der Waals surface area contributed by atoms with Crippen molar-refractivity contribution in [2.45, 2.75) is 29.0 Å². The van der Waals surface area contributed by atoms with Crippen LogP contribution in [0.4, 0.5) is 0 Å². The van der Waals surface area contributed by atoms with E-state index in [0.29, 0.717) is 6.42 Å². The number of aliphatic hydroxyl groups excluding tert-OH is 1. The van der Waals surface area contributed by atoms with Crippen molar-refractivity contribution < 1.29 is 13.5 Å². The number of hydrogen-bond acceptors (Lipinski definition) is 4. The number of sulfone groups is 1. The molecule has 5 heteroatoms. The molecule has 0 amide bonds. The molecule has 0 bridgehead atoms. The fraction of sp³-hybridized carbons (Fsp3) is 0.455. The SMILES string of the molecule is Cc1ccc(S(=O)(=O)[C@H]2C[C@]2(N)CO)cc1. The van der Waals surface area contributed by atoms with E-state index in [1.54, 1.807) is 24.3 Å². The van der Waals surface area contributed by atoms with E-state index in [-0.39, 0.29) is 11.5 Å². The van der Waals surface area contributed by atoms with E-state index in [1.807, 2.05) is 6.92 Å². The highest BCUT2D eigenvalue weighted by atomic mass is 32.2. The Morgan fingerprint density at radius 2 is 2.00 bits per heavy atom. The molecule has 2 rings (SSSR count). The van der Waals surface area contributed by atoms with Gasteiger partial charge in [-0.05, 0) is 25.5 Å². The standard InChI is InChI=1S/C11H15NO3S/c1-8-2-4-9(5-3-8)16(14,15)10-6-11(10,12)7-13/h2-5,10,13H,6-7,12H2,1H3/t10-,11-/m0/s1. The average molecular weight is 241 g/mol. The first-order chi connectivity index (χ1) is 7.40. The maximum absolute atomic E-state index is 12.1. The Hall–Kier alpha value is -0.910. The summed E-state index contributed by atoms with van der Waals surface area (Å²) in [6.07, 6.45) is 0.333. The van der Waals surface area contributed by atoms with Gasteiger partial charge in [-0.2, -0.15) is 0 Å². The fourth-order valence-electron chi connectivity index (χ4n) is 1.76. The molecular weight excluding hydrogens is 226 g/mol. The summed E-state index contributed by atoms with van der Waals surface area (Å²) in [5.41, 5.74) is 5.78. The molecule has 1 fully saturated rings. The van der Waals surface area contributed by atoms with Crippen molar-refractivity contribution in [3.8, 4) is 0 Å². The molecule has 0 heterocycles. The van der Waals surface area contributed by atoms with Crippen LogP contribution in [0.3, 0.4) is 0 Å². The average Bonchev–Trinajstić information content (AvgIpc) is 2.93. The van der Waals surface area contributed by atoms with Crippen LogP contribution in [0.5, 0.6) is 0 Å². The van der Waals surface area contributed by atoms with Crippen molar-refractivity contribution in [3.63, 3.8) is 0 Å². The summed E-state index contributed by atoms with van der Waals surface area (Å²) in [6, 6.07) is 6.68. The number of benzene rings is 1. The van der Waals surface area contributed by atoms with Gasteiger partial charge in [0.15, 0.2) is 9.84 Å². The predicted octanol–water partition coefficient (Wildman–Crippen LogP) is 0.231. The second kappa shape index (κ2) is 3.55. The molecule has 2 atom stereocenters. The van der Waals surface area contributed by atoms with Crippen LogP contribution in [0.25, 0.3) is 0 Å². The van der Waals surface area contributed by atoms with E-state index in [4.69, 9.17) is 10.8 Å². The largest absolute Gasteiger partial charge is 0.394 e. The number of aryl methyl sites for hydroxylation is 1. The highest BCUT2D eigenvalue weighted by Gasteiger charge is 2.58. The zero-order valence-corrected chi connectivity index (χ0v) is 9.87. The molecule has 1 aromatic carbocycles. The van der Waals surface area contributed by atoms with Gasteiger partial charge in [0.05, 0.1) is 22.3 Å². The molecule has 0 spiro atoms. The smallest absolute Gasteiger partial charge is 0.183 e. The third-order valence-corrected chi connectivity index (χ3v) is 5.38. The van der Waals surface area contributed by atoms with E-state index in [9.17, 15) is 8.42 Å². The van der Waals surface area contributed by atoms with Crippen LogP contribution in [0.1, 0.15) is 12.0 Å². The lowest BCUT2D eigenvalue weighted by Gasteiger charge is -2.08. The van der Waals surface area contributed by atoms with Gasteiger partial charge < -0.3 is 10.8 Å². The van der Waals surface area contributed by atoms with Crippen LogP contribution in [-0.2, 0) is 9.84 Å². The van der Waals surface area contributed by atoms with Crippen LogP contribution in [0, 0.1) is 6.92 Å². The Balaban J connectivity index is 2.31. The summed E-state index contributed by atoms with van der Waals surface area (Å²) >= 11 is 0. The third-order valence-electron chi connectivity index (χ3n) is 3.07. The first-order valence-electron chi connectivity index (χ1n) is 5.10. The maximum Gasteiger partial charge on any atom is 0.183 e. The van der Waals surface area contributed by atoms with Crippen LogP contribution in [0.2, 0.25) is 0 Å². The number of nitrogens with two attached hydrogens (primary N) is 1. The molecule has 0 saturated heterocycles. The van der Waals surface area contributed by atoms with E-state index in [2.05, 4.69) is 0 Å². The van der Waals surface area contributed by atoms with Gasteiger partial charge >= 0.3 is 0 Å². The summed E-state index contributed by atoms with van der Waals surface area (Å²) in [4.78, 5) is 0.281. The van der Waals surface area contributed by atoms with Crippen molar-refractivity contribution in [2.24, 2.45) is 5.73 Å². The van der Waals surface area contributed by atoms with Crippen molar-refractivity contribution in [3.05, 3.63) is 29.8 Å². The monoisotopic (exact) mass is 241 g/mol. The third kappa shape index (κ3) is 1.75. The van der Waals surface area contributed by atoms with Crippen molar-refractivity contribution in [1.82, 2.24) is 0 Å². The van der Waals surface area contributed by atoms with Crippen LogP contribution in [0.15, 0.2) is 29.2 Å². The molecule has 0 unspecified atom stereocenters. The van der Waals surface area contributed by atoms with Gasteiger partial charge in [0.1, 0.15) is 0 Å². The summed E-state index contributed by atoms with van der Waals surface area (Å²) < 4.78 is 24.2. The summed E-state index contributed by atoms with van der Waals surface area (Å²) in [6.45, 7) is 1.61. The van der Waals surface area contributed by atoms with Crippen molar-refractivity contribution in [1.29, 1.82) is 0 Å². The van der Waals surface area contributed by atoms with Gasteiger partial charge in [0.2, 0.25) is 0 Å². The predicted molar refractivity (Wildman–Crippen MR) is 60.8 cm³/mol. The molecule has 4 nitrogen and oxygen atoms in total. The molecule has 1 saturated carbocycles. The molecule has 1 aromatic rings. The summed E-state index contributed by atoms with van der Waals surface area (Å²) in [7, 11) is -3.39. The Bertz CT molecular complexity index is 494. The van der Waals surface area contributed by atoms with Gasteiger partial charge in [0, 0.05) is 0 Å². The first-order valence-corrected chi connectivity index (χ1v) is 6.65. The second-order valence-corrected chi connectivity index (χ2v) is 6.57. The van der Waals surface area contributed by atoms with E-state index < -0.39 is 20.6 Å². The minimum Gasteiger partial charge on any atom is -0.394 e. The highest BCUT2D eigenvalue weighted by Crippen LogP contribution is 2.42. The Morgan fingerprint density at radius 1 is 1.44 bits per heavy atom. The highest BCUT2D eigenvalue weighted by molar-refractivity contribution is 7.92. The summed E-state index contributed by atoms with van der Waals surface area (Å²) in [5, 5.41) is 8.35. The first kappa shape index (κ1) is 11.6. The van der Waals surface area contributed by atoms with Crippen LogP contribution >= 0.6 is 0 Å². The molecule has 1 aliphatic rings. The van der Waals surface area contributed by atoms with Crippen LogP contribution in [-0.4, -0.2) is 30.9 Å². The van der Waals surface area contributed by atoms with Crippen molar-refractivity contribution in [2.75, 3.05) is 6.61 Å². The molecule has 0 aliphatic heterocycles. The number of aliphatic hydroxyl groups is 1. The van der Waals surface area contributed by atoms with Gasteiger partial charge in [-0.25, -0.2) is 8.42 Å². The zero-order chi connectivity index (χ0) is 12.0. The molecule has 0 radical (unpaired) electrons. The van der Waals surface area contributed by atoms with E-state index in [0.717, 1.165) is 5.56 Å². The molecule has 3 N–H and O–H groups in total. The van der Waals surface area contributed by atoms with Gasteiger partial charge in [0.25, 0.3) is 0 Å². The number of rotatable bonds is 3. The minimum atomic E-state index is -3.39. The van der Waals surface area contributed by atoms with Gasteiger partial charge in [-0.1, -0.05) is 17.7 Å². The minimum absolute atomic E-state index is 0.281. The molecule has 1 aliphatic carbocycles.